The summed E-state index contributed by atoms with van der Waals surface area (Å²) in [4.78, 5) is 28.7. The topological polar surface area (TPSA) is 88.5 Å². The van der Waals surface area contributed by atoms with E-state index < -0.39 is 17.4 Å². The number of pyridine rings is 1. The largest absolute Gasteiger partial charge is 0.462 e. The van der Waals surface area contributed by atoms with E-state index >= 15 is 0 Å². The zero-order chi connectivity index (χ0) is 18.4. The third-order valence-corrected chi connectivity index (χ3v) is 4.57. The highest BCUT2D eigenvalue weighted by Gasteiger charge is 2.29. The molecule has 0 bridgehead atoms. The van der Waals surface area contributed by atoms with Crippen LogP contribution in [0.4, 0.5) is 0 Å². The Bertz CT molecular complexity index is 663. The molecule has 2 rings (SSSR count). The van der Waals surface area contributed by atoms with E-state index in [9.17, 15) is 14.7 Å². The number of esters is 1. The summed E-state index contributed by atoms with van der Waals surface area (Å²) in [6.45, 7) is 3.65. The molecule has 0 saturated heterocycles. The fourth-order valence-corrected chi connectivity index (χ4v) is 2.94. The summed E-state index contributed by atoms with van der Waals surface area (Å²) < 4.78 is 4.99. The standard InChI is InChI=1S/C18H23ClN2O4/c1-3-25-17(23)14(15(22)13-5-4-10-20-16(13)19)11-21-12-6-8-18(2,24)9-7-12/h4-5,10-12,21,24H,3,6-9H2,1-2H3. The second-order valence-electron chi connectivity index (χ2n) is 6.39. The molecule has 1 fully saturated rings. The number of nitrogens with one attached hydrogen (secondary N) is 1. The van der Waals surface area contributed by atoms with Crippen molar-refractivity contribution in [2.75, 3.05) is 6.61 Å². The van der Waals surface area contributed by atoms with Crippen molar-refractivity contribution in [3.8, 4) is 0 Å². The predicted molar refractivity (Wildman–Crippen MR) is 94.3 cm³/mol. The number of carbonyl (C=O) groups is 2. The quantitative estimate of drug-likeness (QED) is 0.201. The lowest BCUT2D eigenvalue weighted by Crippen LogP contribution is -2.38. The number of halogens is 1. The monoisotopic (exact) mass is 366 g/mol. The summed E-state index contributed by atoms with van der Waals surface area (Å²) in [6.07, 6.45) is 5.70. The van der Waals surface area contributed by atoms with Gasteiger partial charge in [0.05, 0.1) is 17.8 Å². The molecule has 0 atom stereocenters. The minimum Gasteiger partial charge on any atom is -0.462 e. The molecule has 1 aliphatic rings. The number of aliphatic hydroxyl groups is 1. The summed E-state index contributed by atoms with van der Waals surface area (Å²) >= 11 is 5.97. The van der Waals surface area contributed by atoms with E-state index in [0.717, 1.165) is 12.8 Å². The molecule has 7 heteroatoms. The van der Waals surface area contributed by atoms with Crippen LogP contribution < -0.4 is 5.32 Å². The van der Waals surface area contributed by atoms with Gasteiger partial charge in [-0.1, -0.05) is 11.6 Å². The van der Waals surface area contributed by atoms with Crippen molar-refractivity contribution in [2.24, 2.45) is 0 Å². The molecule has 0 aromatic carbocycles. The van der Waals surface area contributed by atoms with Gasteiger partial charge in [0.2, 0.25) is 5.78 Å². The smallest absolute Gasteiger partial charge is 0.343 e. The molecule has 1 aliphatic carbocycles. The van der Waals surface area contributed by atoms with Crippen LogP contribution in [0.2, 0.25) is 5.15 Å². The summed E-state index contributed by atoms with van der Waals surface area (Å²) in [5.41, 5.74) is -0.615. The number of ketones is 1. The molecular weight excluding hydrogens is 344 g/mol. The van der Waals surface area contributed by atoms with Crippen molar-refractivity contribution < 1.29 is 19.4 Å². The van der Waals surface area contributed by atoms with Crippen molar-refractivity contribution in [1.29, 1.82) is 0 Å². The van der Waals surface area contributed by atoms with Crippen LogP contribution in [0, 0.1) is 0 Å². The maximum atomic E-state index is 12.7. The molecule has 136 valence electrons. The molecule has 1 heterocycles. The number of hydrogen-bond acceptors (Lipinski definition) is 6. The molecule has 0 spiro atoms. The van der Waals surface area contributed by atoms with Crippen molar-refractivity contribution in [3.63, 3.8) is 0 Å². The number of hydrogen-bond donors (Lipinski definition) is 2. The number of ether oxygens (including phenoxy) is 1. The van der Waals surface area contributed by atoms with E-state index in [2.05, 4.69) is 10.3 Å². The van der Waals surface area contributed by atoms with Gasteiger partial charge in [0.15, 0.2) is 0 Å². The van der Waals surface area contributed by atoms with Crippen molar-refractivity contribution in [2.45, 2.75) is 51.2 Å². The molecule has 1 aromatic rings. The summed E-state index contributed by atoms with van der Waals surface area (Å²) in [5.74, 6) is -1.24. The lowest BCUT2D eigenvalue weighted by Gasteiger charge is -2.33. The zero-order valence-corrected chi connectivity index (χ0v) is 15.2. The maximum absolute atomic E-state index is 12.7. The van der Waals surface area contributed by atoms with Gasteiger partial charge in [0.25, 0.3) is 0 Å². The molecule has 25 heavy (non-hydrogen) atoms. The van der Waals surface area contributed by atoms with Crippen LogP contribution in [-0.4, -0.2) is 40.1 Å². The van der Waals surface area contributed by atoms with Gasteiger partial charge in [-0.2, -0.15) is 0 Å². The summed E-state index contributed by atoms with van der Waals surface area (Å²) in [6, 6.07) is 3.18. The Hall–Kier alpha value is -1.92. The SMILES string of the molecule is CCOC(=O)C(=CNC1CCC(C)(O)CC1)C(=O)c1cccnc1Cl. The molecule has 2 N–H and O–H groups in total. The van der Waals surface area contributed by atoms with Crippen LogP contribution in [0.3, 0.4) is 0 Å². The van der Waals surface area contributed by atoms with Gasteiger partial charge in [0, 0.05) is 18.4 Å². The lowest BCUT2D eigenvalue weighted by atomic mass is 9.84. The van der Waals surface area contributed by atoms with Crippen molar-refractivity contribution in [3.05, 3.63) is 40.8 Å². The first-order valence-electron chi connectivity index (χ1n) is 8.35. The van der Waals surface area contributed by atoms with E-state index in [-0.39, 0.29) is 28.9 Å². The number of Topliss-reactive ketones (excluding diaryl/α,β-unsaturated/α-hetero) is 1. The van der Waals surface area contributed by atoms with Crippen molar-refractivity contribution in [1.82, 2.24) is 10.3 Å². The van der Waals surface area contributed by atoms with E-state index in [1.165, 1.54) is 18.5 Å². The Morgan fingerprint density at radius 3 is 2.76 bits per heavy atom. The number of carbonyl (C=O) groups excluding carboxylic acids is 2. The van der Waals surface area contributed by atoms with Crippen LogP contribution in [0.5, 0.6) is 0 Å². The molecule has 0 amide bonds. The van der Waals surface area contributed by atoms with Crippen LogP contribution in [0.1, 0.15) is 49.9 Å². The van der Waals surface area contributed by atoms with E-state index in [0.29, 0.717) is 12.8 Å². The normalized spacial score (nSPS) is 23.8. The molecule has 1 saturated carbocycles. The Labute approximate surface area is 152 Å². The van der Waals surface area contributed by atoms with Gasteiger partial charge in [-0.05, 0) is 51.7 Å². The predicted octanol–water partition coefficient (Wildman–Crippen LogP) is 2.65. The number of rotatable bonds is 6. The Morgan fingerprint density at radius 1 is 1.48 bits per heavy atom. The summed E-state index contributed by atoms with van der Waals surface area (Å²) in [7, 11) is 0. The zero-order valence-electron chi connectivity index (χ0n) is 14.4. The van der Waals surface area contributed by atoms with E-state index in [4.69, 9.17) is 16.3 Å². The molecule has 0 aliphatic heterocycles. The second-order valence-corrected chi connectivity index (χ2v) is 6.75. The Kier molecular flexibility index (Phi) is 6.56. The van der Waals surface area contributed by atoms with Gasteiger partial charge < -0.3 is 15.2 Å². The minimum atomic E-state index is -0.706. The second kappa shape index (κ2) is 8.45. The molecule has 0 radical (unpaired) electrons. The van der Waals surface area contributed by atoms with Crippen LogP contribution in [0.15, 0.2) is 30.1 Å². The maximum Gasteiger partial charge on any atom is 0.343 e. The molecule has 1 aromatic heterocycles. The molecule has 6 nitrogen and oxygen atoms in total. The van der Waals surface area contributed by atoms with Crippen LogP contribution in [0.25, 0.3) is 0 Å². The third kappa shape index (κ3) is 5.28. The van der Waals surface area contributed by atoms with Crippen LogP contribution >= 0.6 is 11.6 Å². The average Bonchev–Trinajstić information content (AvgIpc) is 2.57. The first kappa shape index (κ1) is 19.4. The van der Waals surface area contributed by atoms with Gasteiger partial charge in [-0.3, -0.25) is 4.79 Å². The van der Waals surface area contributed by atoms with Gasteiger partial charge in [0.1, 0.15) is 10.7 Å². The van der Waals surface area contributed by atoms with Gasteiger partial charge in [-0.15, -0.1) is 0 Å². The highest BCUT2D eigenvalue weighted by Crippen LogP contribution is 2.27. The van der Waals surface area contributed by atoms with Crippen molar-refractivity contribution >= 4 is 23.4 Å². The Balaban J connectivity index is 2.17. The fraction of sp³-hybridized carbons (Fsp3) is 0.500. The fourth-order valence-electron chi connectivity index (χ4n) is 2.73. The third-order valence-electron chi connectivity index (χ3n) is 4.27. The number of aromatic nitrogens is 1. The Morgan fingerprint density at radius 2 is 2.16 bits per heavy atom. The van der Waals surface area contributed by atoms with Gasteiger partial charge in [-0.25, -0.2) is 9.78 Å². The first-order chi connectivity index (χ1) is 11.8. The minimum absolute atomic E-state index is 0.0383. The summed E-state index contributed by atoms with van der Waals surface area (Å²) in [5, 5.41) is 13.2. The van der Waals surface area contributed by atoms with E-state index in [1.807, 2.05) is 6.92 Å². The number of nitrogens with zero attached hydrogens (tertiary/aromatic N) is 1. The lowest BCUT2D eigenvalue weighted by molar-refractivity contribution is -0.138. The first-order valence-corrected chi connectivity index (χ1v) is 8.73. The molecule has 0 unspecified atom stereocenters. The van der Waals surface area contributed by atoms with E-state index in [1.54, 1.807) is 13.0 Å². The highest BCUT2D eigenvalue weighted by molar-refractivity contribution is 6.35. The molecular formula is C18H23ClN2O4. The van der Waals surface area contributed by atoms with Gasteiger partial charge >= 0.3 is 5.97 Å². The highest BCUT2D eigenvalue weighted by atomic mass is 35.5. The van der Waals surface area contributed by atoms with Crippen LogP contribution in [-0.2, 0) is 9.53 Å². The average molecular weight is 367 g/mol.